The lowest BCUT2D eigenvalue weighted by Gasteiger charge is -2.17. The number of nitrogens with zero attached hydrogens (tertiary/aromatic N) is 3. The van der Waals surface area contributed by atoms with Crippen LogP contribution in [0.15, 0.2) is 73.1 Å². The van der Waals surface area contributed by atoms with Crippen molar-refractivity contribution in [2.45, 2.75) is 5.92 Å². The molecule has 5 aromatic rings. The minimum absolute atomic E-state index is 0.0483. The van der Waals surface area contributed by atoms with E-state index in [0.29, 0.717) is 46.0 Å². The zero-order chi connectivity index (χ0) is 27.3. The Hall–Kier alpha value is -4.76. The number of halogens is 1. The molecule has 0 fully saturated rings. The molecule has 196 valence electrons. The number of amides is 2. The molecule has 0 saturated carbocycles. The van der Waals surface area contributed by atoms with E-state index in [2.05, 4.69) is 10.3 Å². The first-order valence-corrected chi connectivity index (χ1v) is 12.8. The Morgan fingerprint density at radius 3 is 2.69 bits per heavy atom. The molecule has 9 nitrogen and oxygen atoms in total. The number of anilines is 3. The van der Waals surface area contributed by atoms with Gasteiger partial charge in [0.1, 0.15) is 22.8 Å². The number of nitrogens with one attached hydrogen (secondary N) is 1. The highest BCUT2D eigenvalue weighted by Gasteiger charge is 2.36. The number of imidazole rings is 1. The van der Waals surface area contributed by atoms with E-state index in [1.54, 1.807) is 71.3 Å². The number of rotatable bonds is 5. The number of carbonyl (C=O) groups excluding carboxylic acids is 2. The van der Waals surface area contributed by atoms with Crippen LogP contribution >= 0.6 is 11.6 Å². The van der Waals surface area contributed by atoms with Crippen LogP contribution in [0.4, 0.5) is 17.1 Å². The van der Waals surface area contributed by atoms with E-state index < -0.39 is 0 Å². The maximum atomic E-state index is 13.7. The Labute approximate surface area is 228 Å². The van der Waals surface area contributed by atoms with E-state index >= 15 is 0 Å². The molecular formula is C29H24ClN5O4. The van der Waals surface area contributed by atoms with Crippen molar-refractivity contribution >= 4 is 56.9 Å². The summed E-state index contributed by atoms with van der Waals surface area (Å²) in [5, 5.41) is 15.0. The molecule has 0 aliphatic carbocycles. The lowest BCUT2D eigenvalue weighted by molar-refractivity contribution is 0.0982. The minimum atomic E-state index is -0.325. The summed E-state index contributed by atoms with van der Waals surface area (Å²) in [4.78, 5) is 32.5. The van der Waals surface area contributed by atoms with Gasteiger partial charge in [0.15, 0.2) is 0 Å². The Bertz CT molecular complexity index is 1770. The second-order valence-electron chi connectivity index (χ2n) is 9.36. The van der Waals surface area contributed by atoms with Crippen molar-refractivity contribution in [2.75, 3.05) is 35.5 Å². The number of nitrogens with two attached hydrogens (primary N) is 1. The van der Waals surface area contributed by atoms with Crippen LogP contribution in [0, 0.1) is 0 Å². The molecule has 6 rings (SSSR count). The van der Waals surface area contributed by atoms with E-state index in [4.69, 9.17) is 22.1 Å². The van der Waals surface area contributed by atoms with Crippen LogP contribution in [0.25, 0.3) is 16.4 Å². The van der Waals surface area contributed by atoms with Crippen molar-refractivity contribution in [1.29, 1.82) is 0 Å². The van der Waals surface area contributed by atoms with E-state index in [-0.39, 0.29) is 35.1 Å². The van der Waals surface area contributed by atoms with Gasteiger partial charge in [-0.1, -0.05) is 12.1 Å². The van der Waals surface area contributed by atoms with Crippen molar-refractivity contribution in [3.05, 3.63) is 89.9 Å². The smallest absolute Gasteiger partial charge is 0.278 e. The van der Waals surface area contributed by atoms with Gasteiger partial charge in [-0.3, -0.25) is 9.59 Å². The van der Waals surface area contributed by atoms with Crippen LogP contribution in [0.2, 0.25) is 0 Å². The average Bonchev–Trinajstić information content (AvgIpc) is 3.54. The number of aromatic hydroxyl groups is 1. The topological polar surface area (TPSA) is 122 Å². The number of ether oxygens (including phenoxy) is 1. The number of nitrogen functional groups attached to an aromatic ring is 1. The number of hydrogen-bond donors (Lipinski definition) is 3. The predicted molar refractivity (Wildman–Crippen MR) is 151 cm³/mol. The Balaban J connectivity index is 1.33. The van der Waals surface area contributed by atoms with Gasteiger partial charge >= 0.3 is 0 Å². The van der Waals surface area contributed by atoms with Crippen molar-refractivity contribution in [1.82, 2.24) is 9.38 Å². The molecule has 0 radical (unpaired) electrons. The molecule has 3 aromatic carbocycles. The number of carbonyl (C=O) groups is 2. The van der Waals surface area contributed by atoms with Gasteiger partial charge in [-0.05, 0) is 48.0 Å². The van der Waals surface area contributed by atoms with Crippen LogP contribution in [0.1, 0.15) is 32.3 Å². The third kappa shape index (κ3) is 4.17. The number of phenols is 1. The summed E-state index contributed by atoms with van der Waals surface area (Å²) in [6, 6.07) is 17.1. The monoisotopic (exact) mass is 541 g/mol. The zero-order valence-corrected chi connectivity index (χ0v) is 21.6. The number of alkyl halides is 1. The highest BCUT2D eigenvalue weighted by Crippen LogP contribution is 2.48. The number of pyridine rings is 1. The number of methoxy groups -OCH3 is 1. The van der Waals surface area contributed by atoms with E-state index in [1.165, 1.54) is 0 Å². The molecule has 0 bridgehead atoms. The van der Waals surface area contributed by atoms with Crippen LogP contribution in [-0.4, -0.2) is 45.8 Å². The van der Waals surface area contributed by atoms with Gasteiger partial charge in [0.05, 0.1) is 18.5 Å². The molecule has 0 saturated heterocycles. The molecular weight excluding hydrogens is 518 g/mol. The van der Waals surface area contributed by atoms with E-state index in [9.17, 15) is 14.7 Å². The fraction of sp³-hybridized carbons (Fsp3) is 0.138. The van der Waals surface area contributed by atoms with Gasteiger partial charge < -0.3 is 30.2 Å². The Morgan fingerprint density at radius 1 is 1.15 bits per heavy atom. The number of phenolic OH excluding ortho intramolecular Hbond substituents is 1. The molecule has 0 unspecified atom stereocenters. The first kappa shape index (κ1) is 24.6. The number of fused-ring (bicyclic) bond motifs is 4. The highest BCUT2D eigenvalue weighted by molar-refractivity contribution is 6.19. The van der Waals surface area contributed by atoms with E-state index in [0.717, 1.165) is 10.9 Å². The van der Waals surface area contributed by atoms with Gasteiger partial charge in [0.25, 0.3) is 11.8 Å². The quantitative estimate of drug-likeness (QED) is 0.212. The van der Waals surface area contributed by atoms with Gasteiger partial charge in [0.2, 0.25) is 0 Å². The standard InChI is InChI=1S/C29H24ClN5O4/c1-39-24-4-2-3-20-23(36)11-22-26(27(20)24)17(12-30)13-35(22)29(38)21-15-34-14-19(9-10-25(34)33-21)32-28(37)16-5-7-18(31)8-6-16/h2-11,14-15,17,36H,12-13,31H2,1H3,(H,32,37)/t17-/m1/s1. The maximum Gasteiger partial charge on any atom is 0.278 e. The molecule has 3 heterocycles. The Kier molecular flexibility index (Phi) is 6.00. The highest BCUT2D eigenvalue weighted by atomic mass is 35.5. The minimum Gasteiger partial charge on any atom is -0.507 e. The van der Waals surface area contributed by atoms with Crippen LogP contribution in [-0.2, 0) is 0 Å². The summed E-state index contributed by atoms with van der Waals surface area (Å²) in [5.74, 6) is 0.175. The van der Waals surface area contributed by atoms with Gasteiger partial charge in [-0.15, -0.1) is 11.6 Å². The normalized spacial score (nSPS) is 14.5. The second kappa shape index (κ2) is 9.52. The van der Waals surface area contributed by atoms with Crippen molar-refractivity contribution in [3.8, 4) is 11.5 Å². The van der Waals surface area contributed by atoms with Gasteiger partial charge in [-0.2, -0.15) is 0 Å². The molecule has 2 aromatic heterocycles. The fourth-order valence-electron chi connectivity index (χ4n) is 5.12. The SMILES string of the molecule is COc1cccc2c(O)cc3c(c12)[C@H](CCl)CN3C(=O)c1cn2cc(NC(=O)c3ccc(N)cc3)ccc2n1. The van der Waals surface area contributed by atoms with Crippen LogP contribution in [0.5, 0.6) is 11.5 Å². The number of hydrogen-bond acceptors (Lipinski definition) is 6. The molecule has 0 spiro atoms. The summed E-state index contributed by atoms with van der Waals surface area (Å²) in [6.07, 6.45) is 3.31. The fourth-order valence-corrected chi connectivity index (χ4v) is 5.37. The summed E-state index contributed by atoms with van der Waals surface area (Å²) in [7, 11) is 1.57. The van der Waals surface area contributed by atoms with Gasteiger partial charge in [0, 0.05) is 58.8 Å². The number of aromatic nitrogens is 2. The summed E-state index contributed by atoms with van der Waals surface area (Å²) in [5.41, 5.74) is 9.49. The molecule has 1 aliphatic heterocycles. The van der Waals surface area contributed by atoms with Crippen LogP contribution in [0.3, 0.4) is 0 Å². The lowest BCUT2D eigenvalue weighted by Crippen LogP contribution is -2.30. The van der Waals surface area contributed by atoms with Crippen molar-refractivity contribution in [2.24, 2.45) is 0 Å². The number of benzene rings is 3. The Morgan fingerprint density at radius 2 is 1.95 bits per heavy atom. The lowest BCUT2D eigenvalue weighted by atomic mass is 9.94. The molecule has 4 N–H and O–H groups in total. The predicted octanol–water partition coefficient (Wildman–Crippen LogP) is 5.02. The van der Waals surface area contributed by atoms with Crippen molar-refractivity contribution < 1.29 is 19.4 Å². The molecule has 39 heavy (non-hydrogen) atoms. The van der Waals surface area contributed by atoms with E-state index in [1.807, 2.05) is 18.2 Å². The summed E-state index contributed by atoms with van der Waals surface area (Å²) >= 11 is 6.36. The molecule has 2 amide bonds. The zero-order valence-electron chi connectivity index (χ0n) is 20.9. The van der Waals surface area contributed by atoms with Gasteiger partial charge in [-0.25, -0.2) is 4.98 Å². The molecule has 1 atom stereocenters. The first-order valence-electron chi connectivity index (χ1n) is 12.2. The third-order valence-corrected chi connectivity index (χ3v) is 7.35. The maximum absolute atomic E-state index is 13.7. The summed E-state index contributed by atoms with van der Waals surface area (Å²) in [6.45, 7) is 0.338. The van der Waals surface area contributed by atoms with Crippen molar-refractivity contribution in [3.63, 3.8) is 0 Å². The largest absolute Gasteiger partial charge is 0.507 e. The third-order valence-electron chi connectivity index (χ3n) is 6.98. The summed E-state index contributed by atoms with van der Waals surface area (Å²) < 4.78 is 7.27. The molecule has 10 heteroatoms. The molecule has 1 aliphatic rings. The average molecular weight is 542 g/mol. The second-order valence-corrected chi connectivity index (χ2v) is 9.67. The van der Waals surface area contributed by atoms with Crippen LogP contribution < -0.4 is 20.7 Å². The first-order chi connectivity index (χ1) is 18.9.